The first-order valence-corrected chi connectivity index (χ1v) is 22.9. The average Bonchev–Trinajstić information content (AvgIpc) is 3.21. The van der Waals surface area contributed by atoms with Crippen LogP contribution in [0, 0.1) is 26.6 Å². The zero-order valence-electron chi connectivity index (χ0n) is 33.8. The number of unbranched alkanes of at least 4 members (excludes halogenated alkanes) is 2. The highest BCUT2D eigenvalue weighted by Gasteiger charge is 2.41. The van der Waals surface area contributed by atoms with Gasteiger partial charge in [0, 0.05) is 56.1 Å². The molecule has 0 saturated heterocycles. The second kappa shape index (κ2) is 26.4. The lowest BCUT2D eigenvalue weighted by molar-refractivity contribution is 0.372. The highest BCUT2D eigenvalue weighted by Crippen LogP contribution is 2.48. The third-order valence-corrected chi connectivity index (χ3v) is 14.5. The molecular weight excluding hydrogens is 711 g/mol. The van der Waals surface area contributed by atoms with Crippen LogP contribution in [0.4, 0.5) is 0 Å². The van der Waals surface area contributed by atoms with Crippen molar-refractivity contribution in [2.45, 2.75) is 175 Å². The molecule has 5 rings (SSSR count). The van der Waals surface area contributed by atoms with Gasteiger partial charge in [0.2, 0.25) is 5.54 Å². The maximum absolute atomic E-state index is 7.56. The molecule has 3 fully saturated rings. The van der Waals surface area contributed by atoms with Crippen LogP contribution in [0.3, 0.4) is 0 Å². The summed E-state index contributed by atoms with van der Waals surface area (Å²) < 4.78 is 10.7. The van der Waals surface area contributed by atoms with Crippen molar-refractivity contribution in [1.29, 1.82) is 0 Å². The minimum atomic E-state index is -0.266. The Labute approximate surface area is 337 Å². The number of hydrogen-bond acceptors (Lipinski definition) is 5. The molecule has 53 heavy (non-hydrogen) atoms. The van der Waals surface area contributed by atoms with Gasteiger partial charge in [-0.15, -0.1) is 11.8 Å². The molecule has 0 atom stereocenters. The lowest BCUT2D eigenvalue weighted by atomic mass is 9.84. The summed E-state index contributed by atoms with van der Waals surface area (Å²) in [7, 11) is 3.42. The molecule has 2 aromatic rings. The van der Waals surface area contributed by atoms with Gasteiger partial charge in [-0.25, -0.2) is 19.7 Å². The van der Waals surface area contributed by atoms with Crippen LogP contribution in [0.1, 0.15) is 148 Å². The molecule has 8 heteroatoms. The molecule has 3 aliphatic carbocycles. The van der Waals surface area contributed by atoms with Gasteiger partial charge in [0.05, 0.1) is 19.1 Å². The molecule has 0 radical (unpaired) electrons. The van der Waals surface area contributed by atoms with Crippen LogP contribution in [0.2, 0.25) is 0 Å². The summed E-state index contributed by atoms with van der Waals surface area (Å²) in [5, 5.41) is 0. The van der Waals surface area contributed by atoms with E-state index in [4.69, 9.17) is 29.2 Å². The molecule has 0 unspecified atom stereocenters. The molecular formula is C45H67N3O2S3. The van der Waals surface area contributed by atoms with Crippen molar-refractivity contribution < 1.29 is 9.47 Å². The SMILES string of the molecule is CCCCSc1ccccc1OC.[C-]#[N+]C1(C)CCCCC1.[C-]#[N+]C1(SCCCC)CCCCC1.[C-]#[N+]C1(Sc2c(C)cccc2OC)CCCCC1. The van der Waals surface area contributed by atoms with Gasteiger partial charge >= 0.3 is 0 Å². The summed E-state index contributed by atoms with van der Waals surface area (Å²) in [4.78, 5) is 13.5. The molecule has 2 aromatic carbocycles. The molecule has 0 aliphatic heterocycles. The zero-order valence-corrected chi connectivity index (χ0v) is 36.2. The van der Waals surface area contributed by atoms with Gasteiger partial charge in [0.1, 0.15) is 11.5 Å². The lowest BCUT2D eigenvalue weighted by Crippen LogP contribution is -2.23. The number of ether oxygens (including phenoxy) is 2. The number of para-hydroxylation sites is 1. The van der Waals surface area contributed by atoms with Crippen LogP contribution in [-0.2, 0) is 0 Å². The Balaban J connectivity index is 0.000000252. The summed E-state index contributed by atoms with van der Waals surface area (Å²) in [5.41, 5.74) is 1.21. The molecule has 0 N–H and O–H groups in total. The fraction of sp³-hybridized carbons (Fsp3) is 0.667. The van der Waals surface area contributed by atoms with Gasteiger partial charge in [0.15, 0.2) is 0 Å². The van der Waals surface area contributed by atoms with Crippen molar-refractivity contribution in [2.75, 3.05) is 25.7 Å². The number of rotatable bonds is 12. The normalized spacial score (nSPS) is 17.9. The Hall–Kier alpha value is -2.44. The second-order valence-corrected chi connectivity index (χ2v) is 18.6. The maximum Gasteiger partial charge on any atom is 0.282 e. The van der Waals surface area contributed by atoms with E-state index in [0.717, 1.165) is 54.9 Å². The van der Waals surface area contributed by atoms with E-state index in [9.17, 15) is 0 Å². The van der Waals surface area contributed by atoms with E-state index >= 15 is 0 Å². The van der Waals surface area contributed by atoms with Crippen LogP contribution in [0.15, 0.2) is 52.3 Å². The minimum absolute atomic E-state index is 0.0122. The number of aryl methyl sites for hydroxylation is 1. The third-order valence-electron chi connectivity index (χ3n) is 10.3. The second-order valence-electron chi connectivity index (χ2n) is 14.7. The predicted octanol–water partition coefficient (Wildman–Crippen LogP) is 15.0. The van der Waals surface area contributed by atoms with Crippen molar-refractivity contribution in [1.82, 2.24) is 0 Å². The number of benzene rings is 2. The average molecular weight is 778 g/mol. The van der Waals surface area contributed by atoms with E-state index in [1.807, 2.05) is 47.8 Å². The largest absolute Gasteiger partial charge is 0.496 e. The topological polar surface area (TPSA) is 31.5 Å². The van der Waals surface area contributed by atoms with Crippen molar-refractivity contribution in [3.63, 3.8) is 0 Å². The highest BCUT2D eigenvalue weighted by atomic mass is 32.2. The van der Waals surface area contributed by atoms with E-state index in [0.29, 0.717) is 0 Å². The molecule has 0 spiro atoms. The van der Waals surface area contributed by atoms with Gasteiger partial charge in [-0.05, 0) is 99.6 Å². The van der Waals surface area contributed by atoms with E-state index < -0.39 is 0 Å². The van der Waals surface area contributed by atoms with Gasteiger partial charge in [-0.2, -0.15) is 0 Å². The minimum Gasteiger partial charge on any atom is -0.496 e. The molecule has 5 nitrogen and oxygen atoms in total. The molecule has 0 amide bonds. The van der Waals surface area contributed by atoms with Gasteiger partial charge in [-0.3, -0.25) is 9.69 Å². The zero-order chi connectivity index (χ0) is 38.8. The van der Waals surface area contributed by atoms with E-state index in [1.165, 1.54) is 105 Å². The predicted molar refractivity (Wildman–Crippen MR) is 233 cm³/mol. The third kappa shape index (κ3) is 16.9. The molecule has 3 aliphatic rings. The van der Waals surface area contributed by atoms with Crippen molar-refractivity contribution in [3.8, 4) is 11.5 Å². The van der Waals surface area contributed by atoms with E-state index in [1.54, 1.807) is 26.0 Å². The maximum atomic E-state index is 7.56. The van der Waals surface area contributed by atoms with Gasteiger partial charge < -0.3 is 14.3 Å². The van der Waals surface area contributed by atoms with Gasteiger partial charge in [0.25, 0.3) is 9.74 Å². The summed E-state index contributed by atoms with van der Waals surface area (Å²) in [5.74, 6) is 4.24. The van der Waals surface area contributed by atoms with Crippen LogP contribution in [0.25, 0.3) is 14.5 Å². The first kappa shape index (κ1) is 46.7. The van der Waals surface area contributed by atoms with Gasteiger partial charge in [-0.1, -0.05) is 82.0 Å². The first-order valence-electron chi connectivity index (χ1n) is 20.1. The van der Waals surface area contributed by atoms with Crippen LogP contribution < -0.4 is 9.47 Å². The van der Waals surface area contributed by atoms with Crippen molar-refractivity contribution >= 4 is 35.3 Å². The van der Waals surface area contributed by atoms with Crippen molar-refractivity contribution in [2.24, 2.45) is 0 Å². The Morgan fingerprint density at radius 3 is 1.64 bits per heavy atom. The Bertz CT molecular complexity index is 1430. The molecule has 0 bridgehead atoms. The van der Waals surface area contributed by atoms with Crippen molar-refractivity contribution in [3.05, 3.63) is 82.3 Å². The number of nitrogens with zero attached hydrogens (tertiary/aromatic N) is 3. The smallest absolute Gasteiger partial charge is 0.282 e. The summed E-state index contributed by atoms with van der Waals surface area (Å²) in [6.45, 7) is 30.4. The fourth-order valence-corrected chi connectivity index (χ4v) is 10.7. The first-order chi connectivity index (χ1) is 25.7. The van der Waals surface area contributed by atoms with Crippen LogP contribution in [-0.4, -0.2) is 41.0 Å². The van der Waals surface area contributed by atoms with Crippen LogP contribution >= 0.6 is 35.3 Å². The Kier molecular flexibility index (Phi) is 23.3. The fourth-order valence-electron chi connectivity index (χ4n) is 6.74. The van der Waals surface area contributed by atoms with E-state index in [-0.39, 0.29) is 15.3 Å². The number of hydrogen-bond donors (Lipinski definition) is 0. The summed E-state index contributed by atoms with van der Waals surface area (Å²) in [6, 6.07) is 14.2. The lowest BCUT2D eigenvalue weighted by Gasteiger charge is -2.26. The van der Waals surface area contributed by atoms with Crippen LogP contribution in [0.5, 0.6) is 11.5 Å². The van der Waals surface area contributed by atoms with E-state index in [2.05, 4.69) is 60.4 Å². The Morgan fingerprint density at radius 2 is 1.13 bits per heavy atom. The molecule has 0 aromatic heterocycles. The molecule has 0 heterocycles. The molecule has 3 saturated carbocycles. The monoisotopic (exact) mass is 777 g/mol. The number of thioether (sulfide) groups is 3. The standard InChI is InChI=1S/C15H19NOS.C11H19NS.C11H16OS.C8H13N/c1-12-8-7-9-13(17-3)14(12)18-15(16-2)10-5-4-6-11-15;1-3-4-10-13-11(12-2)8-6-5-7-9-11;1-3-4-9-13-11-8-6-5-7-10(11)12-2;1-8(9-2)6-4-3-5-7-8/h7-9H,4-6,10-11H2,1,3H3;3-10H2,1H3;5-8H,3-4,9H2,1-2H3;3-7H2,1H3. The Morgan fingerprint density at radius 1 is 0.623 bits per heavy atom. The quantitative estimate of drug-likeness (QED) is 0.122. The summed E-state index contributed by atoms with van der Waals surface area (Å²) in [6.07, 6.45) is 22.9. The molecule has 292 valence electrons. The highest BCUT2D eigenvalue weighted by molar-refractivity contribution is 8.01. The summed E-state index contributed by atoms with van der Waals surface area (Å²) >= 11 is 5.50. The number of methoxy groups -OCH3 is 2.